The molecule has 0 amide bonds. The van der Waals surface area contributed by atoms with Gasteiger partial charge in [0.15, 0.2) is 6.19 Å². The van der Waals surface area contributed by atoms with Gasteiger partial charge in [-0.15, -0.1) is 0 Å². The number of ether oxygens (including phenoxy) is 1. The van der Waals surface area contributed by atoms with E-state index in [-0.39, 0.29) is 11.9 Å². The largest absolute Gasteiger partial charge is 0.494 e. The number of benzene rings is 2. The molecule has 222 valence electrons. The van der Waals surface area contributed by atoms with Gasteiger partial charge in [0.25, 0.3) is 0 Å². The number of hydrogen-bond acceptors (Lipinski definition) is 6. The van der Waals surface area contributed by atoms with Gasteiger partial charge >= 0.3 is 0 Å². The van der Waals surface area contributed by atoms with Crippen molar-refractivity contribution >= 4 is 5.96 Å². The van der Waals surface area contributed by atoms with E-state index in [1.165, 1.54) is 48.4 Å². The molecule has 1 aliphatic heterocycles. The van der Waals surface area contributed by atoms with E-state index in [9.17, 15) is 5.26 Å². The lowest BCUT2D eigenvalue weighted by Gasteiger charge is -2.26. The molecule has 0 bridgehead atoms. The minimum absolute atomic E-state index is 0.130. The molecule has 2 N–H and O–H groups in total. The van der Waals surface area contributed by atoms with Crippen LogP contribution < -0.4 is 10.1 Å². The Labute approximate surface area is 251 Å². The highest BCUT2D eigenvalue weighted by Crippen LogP contribution is 2.26. The Balaban J connectivity index is 1.14. The van der Waals surface area contributed by atoms with E-state index >= 15 is 0 Å². The molecule has 0 saturated carbocycles. The van der Waals surface area contributed by atoms with Crippen LogP contribution in [-0.4, -0.2) is 78.6 Å². The lowest BCUT2D eigenvalue weighted by atomic mass is 9.92. The van der Waals surface area contributed by atoms with Gasteiger partial charge in [-0.25, -0.2) is 4.90 Å². The van der Waals surface area contributed by atoms with E-state index in [4.69, 9.17) is 10.1 Å². The summed E-state index contributed by atoms with van der Waals surface area (Å²) in [4.78, 5) is 10.8. The average molecular weight is 568 g/mol. The molecule has 8 nitrogen and oxygen atoms in total. The van der Waals surface area contributed by atoms with Gasteiger partial charge in [0.05, 0.1) is 6.61 Å². The van der Waals surface area contributed by atoms with Gasteiger partial charge in [0.1, 0.15) is 5.75 Å². The number of piperidine rings is 1. The molecule has 2 aromatic carbocycles. The average Bonchev–Trinajstić information content (AvgIpc) is 3.03. The SMILES string of the molecule is CN(CCNC(=N)N(C#N)CCCOc1cccc(CN2CCCCC2)c1)CCC(c1ccccc1)c1ccccn1. The van der Waals surface area contributed by atoms with Crippen molar-refractivity contribution in [3.63, 3.8) is 0 Å². The molecule has 4 rings (SSSR count). The number of nitrogens with one attached hydrogen (secondary N) is 2. The molecule has 0 spiro atoms. The van der Waals surface area contributed by atoms with Crippen molar-refractivity contribution in [1.82, 2.24) is 25.0 Å². The predicted molar refractivity (Wildman–Crippen MR) is 168 cm³/mol. The number of likely N-dealkylation sites (N-methyl/N-ethyl adjacent to an activating group) is 1. The summed E-state index contributed by atoms with van der Waals surface area (Å²) in [7, 11) is 2.09. The van der Waals surface area contributed by atoms with E-state index in [0.717, 1.165) is 37.5 Å². The lowest BCUT2D eigenvalue weighted by molar-refractivity contribution is 0.220. The highest BCUT2D eigenvalue weighted by Gasteiger charge is 2.16. The molecule has 1 aromatic heterocycles. The normalized spacial score (nSPS) is 14.2. The first-order chi connectivity index (χ1) is 20.6. The first-order valence-corrected chi connectivity index (χ1v) is 15.2. The molecule has 1 saturated heterocycles. The second kappa shape index (κ2) is 17.1. The van der Waals surface area contributed by atoms with Crippen LogP contribution in [0.1, 0.15) is 54.8 Å². The van der Waals surface area contributed by atoms with Crippen LogP contribution in [0.2, 0.25) is 0 Å². The second-order valence-electron chi connectivity index (χ2n) is 11.0. The number of nitriles is 1. The predicted octanol–water partition coefficient (Wildman–Crippen LogP) is 5.30. The highest BCUT2D eigenvalue weighted by molar-refractivity contribution is 5.78. The maximum atomic E-state index is 9.61. The Hall–Kier alpha value is -3.93. The van der Waals surface area contributed by atoms with Crippen molar-refractivity contribution < 1.29 is 4.74 Å². The Morgan fingerprint density at radius 1 is 1.02 bits per heavy atom. The van der Waals surface area contributed by atoms with Crippen LogP contribution in [0.25, 0.3) is 0 Å². The smallest absolute Gasteiger partial charge is 0.204 e. The van der Waals surface area contributed by atoms with Crippen molar-refractivity contribution in [3.05, 3.63) is 95.8 Å². The van der Waals surface area contributed by atoms with Crippen LogP contribution in [0.3, 0.4) is 0 Å². The summed E-state index contributed by atoms with van der Waals surface area (Å²) in [5.74, 6) is 1.22. The summed E-state index contributed by atoms with van der Waals surface area (Å²) >= 11 is 0. The van der Waals surface area contributed by atoms with Crippen molar-refractivity contribution in [1.29, 1.82) is 10.7 Å². The summed E-state index contributed by atoms with van der Waals surface area (Å²) in [5.41, 5.74) is 3.62. The zero-order chi connectivity index (χ0) is 29.4. The first kappa shape index (κ1) is 31.0. The maximum absolute atomic E-state index is 9.61. The Bertz CT molecular complexity index is 1200. The van der Waals surface area contributed by atoms with Crippen LogP contribution >= 0.6 is 0 Å². The number of pyridine rings is 1. The van der Waals surface area contributed by atoms with Gasteiger partial charge in [-0.05, 0) is 81.3 Å². The maximum Gasteiger partial charge on any atom is 0.204 e. The van der Waals surface area contributed by atoms with E-state index in [0.29, 0.717) is 26.1 Å². The van der Waals surface area contributed by atoms with Gasteiger partial charge in [-0.1, -0.05) is 55.0 Å². The number of hydrogen-bond donors (Lipinski definition) is 2. The van der Waals surface area contributed by atoms with Crippen LogP contribution in [0.15, 0.2) is 79.0 Å². The molecule has 1 unspecified atom stereocenters. The van der Waals surface area contributed by atoms with Crippen LogP contribution in [0.5, 0.6) is 5.75 Å². The Morgan fingerprint density at radius 2 is 1.83 bits per heavy atom. The van der Waals surface area contributed by atoms with Crippen LogP contribution in [0.4, 0.5) is 0 Å². The first-order valence-electron chi connectivity index (χ1n) is 15.2. The third-order valence-corrected chi connectivity index (χ3v) is 7.77. The third-order valence-electron chi connectivity index (χ3n) is 7.77. The molecule has 42 heavy (non-hydrogen) atoms. The van der Waals surface area contributed by atoms with Crippen molar-refractivity contribution in [2.75, 3.05) is 52.9 Å². The number of guanidine groups is 1. The molecule has 8 heteroatoms. The van der Waals surface area contributed by atoms with E-state index in [1.54, 1.807) is 0 Å². The van der Waals surface area contributed by atoms with Crippen LogP contribution in [-0.2, 0) is 6.54 Å². The number of rotatable bonds is 15. The number of aromatic nitrogens is 1. The van der Waals surface area contributed by atoms with E-state index in [1.807, 2.05) is 36.5 Å². The van der Waals surface area contributed by atoms with E-state index < -0.39 is 0 Å². The Morgan fingerprint density at radius 3 is 2.60 bits per heavy atom. The second-order valence-corrected chi connectivity index (χ2v) is 11.0. The fourth-order valence-electron chi connectivity index (χ4n) is 5.41. The molecular weight excluding hydrogens is 522 g/mol. The monoisotopic (exact) mass is 567 g/mol. The molecule has 2 heterocycles. The van der Waals surface area contributed by atoms with Crippen molar-refractivity contribution in [2.45, 2.75) is 44.6 Å². The summed E-state index contributed by atoms with van der Waals surface area (Å²) in [5, 5.41) is 21.1. The number of likely N-dealkylation sites (tertiary alicyclic amines) is 1. The summed E-state index contributed by atoms with van der Waals surface area (Å²) in [6.45, 7) is 6.50. The fraction of sp³-hybridized carbons (Fsp3) is 0.441. The standard InChI is InChI=1S/C34H45N7O/c1-39(23-17-32(30-13-4-2-5-14-30)33-16-6-7-18-37-33)24-19-38-34(36)41(28-35)22-11-25-42-31-15-10-12-29(26-31)27-40-20-8-3-9-21-40/h2,4-7,10,12-16,18,26,32H,3,8-9,11,17,19-25,27H2,1H3,(H2,36,38). The molecule has 1 atom stereocenters. The quantitative estimate of drug-likeness (QED) is 0.0847. The fourth-order valence-corrected chi connectivity index (χ4v) is 5.41. The van der Waals surface area contributed by atoms with Gasteiger partial charge in [-0.2, -0.15) is 5.26 Å². The van der Waals surface area contributed by atoms with Gasteiger partial charge in [-0.3, -0.25) is 15.3 Å². The van der Waals surface area contributed by atoms with Gasteiger partial charge in [0, 0.05) is 50.4 Å². The van der Waals surface area contributed by atoms with Gasteiger partial charge < -0.3 is 15.0 Å². The summed E-state index contributed by atoms with van der Waals surface area (Å²) in [6.07, 6.45) is 9.50. The van der Waals surface area contributed by atoms with Crippen molar-refractivity contribution in [2.24, 2.45) is 0 Å². The minimum Gasteiger partial charge on any atom is -0.494 e. The molecule has 1 aliphatic rings. The summed E-state index contributed by atoms with van der Waals surface area (Å²) < 4.78 is 5.98. The van der Waals surface area contributed by atoms with Crippen LogP contribution in [0, 0.1) is 16.9 Å². The topological polar surface area (TPSA) is 91.5 Å². The van der Waals surface area contributed by atoms with Gasteiger partial charge in [0.2, 0.25) is 5.96 Å². The molecule has 3 aromatic rings. The minimum atomic E-state index is 0.130. The highest BCUT2D eigenvalue weighted by atomic mass is 16.5. The summed E-state index contributed by atoms with van der Waals surface area (Å²) in [6, 6.07) is 24.9. The lowest BCUT2D eigenvalue weighted by Crippen LogP contribution is -2.41. The third kappa shape index (κ3) is 10.2. The molecule has 1 fully saturated rings. The molecular formula is C34H45N7O. The zero-order valence-electron chi connectivity index (χ0n) is 24.9. The zero-order valence-corrected chi connectivity index (χ0v) is 24.9. The molecule has 0 aliphatic carbocycles. The number of nitrogens with zero attached hydrogens (tertiary/aromatic N) is 5. The van der Waals surface area contributed by atoms with E-state index in [2.05, 4.69) is 75.8 Å². The Kier molecular flexibility index (Phi) is 12.6. The van der Waals surface area contributed by atoms with Crippen molar-refractivity contribution in [3.8, 4) is 11.9 Å². The molecule has 0 radical (unpaired) electrons.